The van der Waals surface area contributed by atoms with E-state index in [-0.39, 0.29) is 0 Å². The minimum Gasteiger partial charge on any atom is -0.314 e. The predicted molar refractivity (Wildman–Crippen MR) is 75.8 cm³/mol. The monoisotopic (exact) mass is 264 g/mol. The molecule has 0 spiro atoms. The Bertz CT molecular complexity index is 455. The summed E-state index contributed by atoms with van der Waals surface area (Å²) in [6.07, 6.45) is 0. The van der Waals surface area contributed by atoms with Crippen LogP contribution in [0, 0.1) is 0 Å². The van der Waals surface area contributed by atoms with E-state index < -0.39 is 0 Å². The second-order valence-electron chi connectivity index (χ2n) is 4.27. The van der Waals surface area contributed by atoms with Crippen LogP contribution in [-0.4, -0.2) is 31.1 Å². The fraction of sp³-hybridized carbons (Fsp3) is 0.385. The van der Waals surface area contributed by atoms with Gasteiger partial charge in [-0.3, -0.25) is 4.90 Å². The summed E-state index contributed by atoms with van der Waals surface area (Å²) in [6.45, 7) is 5.71. The summed E-state index contributed by atoms with van der Waals surface area (Å²) < 4.78 is 0. The predicted octanol–water partition coefficient (Wildman–Crippen LogP) is 2.88. The third kappa shape index (κ3) is 2.77. The van der Waals surface area contributed by atoms with Crippen LogP contribution in [0.4, 0.5) is 0 Å². The van der Waals surface area contributed by atoms with Crippen LogP contribution in [0.25, 0.3) is 9.75 Å². The van der Waals surface area contributed by atoms with Crippen molar-refractivity contribution >= 4 is 22.7 Å². The minimum absolute atomic E-state index is 1.11. The van der Waals surface area contributed by atoms with Crippen LogP contribution in [0.5, 0.6) is 0 Å². The van der Waals surface area contributed by atoms with Crippen molar-refractivity contribution in [1.29, 1.82) is 0 Å². The zero-order chi connectivity index (χ0) is 11.5. The van der Waals surface area contributed by atoms with Crippen LogP contribution in [0.15, 0.2) is 29.6 Å². The van der Waals surface area contributed by atoms with E-state index in [0.29, 0.717) is 0 Å². The highest BCUT2D eigenvalue weighted by molar-refractivity contribution is 7.21. The van der Waals surface area contributed by atoms with Crippen LogP contribution in [0.3, 0.4) is 0 Å². The number of hydrogen-bond acceptors (Lipinski definition) is 4. The number of nitrogens with zero attached hydrogens (tertiary/aromatic N) is 1. The maximum absolute atomic E-state index is 3.39. The van der Waals surface area contributed by atoms with Crippen molar-refractivity contribution in [2.75, 3.05) is 26.2 Å². The molecule has 1 N–H and O–H groups in total. The van der Waals surface area contributed by atoms with Crippen molar-refractivity contribution in [1.82, 2.24) is 10.2 Å². The summed E-state index contributed by atoms with van der Waals surface area (Å²) in [5.41, 5.74) is 0. The molecule has 2 aromatic heterocycles. The Morgan fingerprint density at radius 1 is 1.12 bits per heavy atom. The van der Waals surface area contributed by atoms with Crippen molar-refractivity contribution in [3.05, 3.63) is 34.5 Å². The molecule has 17 heavy (non-hydrogen) atoms. The molecule has 1 aliphatic heterocycles. The number of hydrogen-bond donors (Lipinski definition) is 1. The number of rotatable bonds is 3. The zero-order valence-electron chi connectivity index (χ0n) is 9.69. The standard InChI is InChI=1S/C13H16N2S2/c1-2-12(16-9-1)13-4-3-11(17-13)10-15-7-5-14-6-8-15/h1-4,9,14H,5-8,10H2. The van der Waals surface area contributed by atoms with Crippen molar-refractivity contribution in [3.63, 3.8) is 0 Å². The summed E-state index contributed by atoms with van der Waals surface area (Å²) in [7, 11) is 0. The van der Waals surface area contributed by atoms with Gasteiger partial charge in [0.15, 0.2) is 0 Å². The summed E-state index contributed by atoms with van der Waals surface area (Å²) in [6, 6.07) is 8.86. The fourth-order valence-corrected chi connectivity index (χ4v) is 3.99. The van der Waals surface area contributed by atoms with Gasteiger partial charge in [-0.05, 0) is 23.6 Å². The van der Waals surface area contributed by atoms with Gasteiger partial charge in [-0.15, -0.1) is 22.7 Å². The molecule has 0 radical (unpaired) electrons. The molecule has 3 heterocycles. The lowest BCUT2D eigenvalue weighted by molar-refractivity contribution is 0.235. The normalized spacial score (nSPS) is 17.4. The summed E-state index contributed by atoms with van der Waals surface area (Å²) in [5, 5.41) is 5.54. The van der Waals surface area contributed by atoms with Crippen molar-refractivity contribution < 1.29 is 0 Å². The third-order valence-corrected chi connectivity index (χ3v) is 5.15. The molecule has 1 saturated heterocycles. The third-order valence-electron chi connectivity index (χ3n) is 3.01. The van der Waals surface area contributed by atoms with E-state index in [1.807, 2.05) is 22.7 Å². The summed E-state index contributed by atoms with van der Waals surface area (Å²) in [5.74, 6) is 0. The highest BCUT2D eigenvalue weighted by Gasteiger charge is 2.11. The highest BCUT2D eigenvalue weighted by atomic mass is 32.1. The first-order valence-corrected chi connectivity index (χ1v) is 7.67. The molecule has 3 rings (SSSR count). The largest absolute Gasteiger partial charge is 0.314 e. The van der Waals surface area contributed by atoms with Gasteiger partial charge in [0, 0.05) is 47.4 Å². The zero-order valence-corrected chi connectivity index (χ0v) is 11.3. The van der Waals surface area contributed by atoms with Crippen LogP contribution < -0.4 is 5.32 Å². The van der Waals surface area contributed by atoms with E-state index in [1.54, 1.807) is 0 Å². The Morgan fingerprint density at radius 3 is 2.76 bits per heavy atom. The van der Waals surface area contributed by atoms with Gasteiger partial charge in [-0.1, -0.05) is 6.07 Å². The van der Waals surface area contributed by atoms with Crippen molar-refractivity contribution in [3.8, 4) is 9.75 Å². The second-order valence-corrected chi connectivity index (χ2v) is 6.39. The number of piperazine rings is 1. The van der Waals surface area contributed by atoms with Gasteiger partial charge in [0.2, 0.25) is 0 Å². The minimum atomic E-state index is 1.11. The van der Waals surface area contributed by atoms with Gasteiger partial charge in [0.05, 0.1) is 0 Å². The molecule has 0 aliphatic carbocycles. The molecule has 2 nitrogen and oxygen atoms in total. The van der Waals surface area contributed by atoms with E-state index in [1.165, 1.54) is 27.7 Å². The van der Waals surface area contributed by atoms with E-state index in [9.17, 15) is 0 Å². The fourth-order valence-electron chi connectivity index (χ4n) is 2.10. The molecule has 0 aromatic carbocycles. The van der Waals surface area contributed by atoms with Gasteiger partial charge in [0.1, 0.15) is 0 Å². The molecule has 0 bridgehead atoms. The molecule has 4 heteroatoms. The SMILES string of the molecule is c1csc(-c2ccc(CN3CCNCC3)s2)c1. The quantitative estimate of drug-likeness (QED) is 0.917. The van der Waals surface area contributed by atoms with Gasteiger partial charge < -0.3 is 5.32 Å². The van der Waals surface area contributed by atoms with Crippen LogP contribution in [-0.2, 0) is 6.54 Å². The maximum atomic E-state index is 3.39. The number of thiophene rings is 2. The smallest absolute Gasteiger partial charge is 0.0445 e. The molecule has 0 atom stereocenters. The highest BCUT2D eigenvalue weighted by Crippen LogP contribution is 2.31. The Balaban J connectivity index is 1.68. The Labute approximate surface area is 110 Å². The molecule has 0 saturated carbocycles. The van der Waals surface area contributed by atoms with E-state index in [4.69, 9.17) is 0 Å². The molecular weight excluding hydrogens is 248 g/mol. The first-order valence-electron chi connectivity index (χ1n) is 5.97. The Kier molecular flexibility index (Phi) is 3.57. The van der Waals surface area contributed by atoms with Crippen LogP contribution in [0.1, 0.15) is 4.88 Å². The second kappa shape index (κ2) is 5.31. The summed E-state index contributed by atoms with van der Waals surface area (Å²) >= 11 is 3.75. The van der Waals surface area contributed by atoms with Crippen molar-refractivity contribution in [2.24, 2.45) is 0 Å². The molecule has 90 valence electrons. The van der Waals surface area contributed by atoms with E-state index in [2.05, 4.69) is 39.9 Å². The average molecular weight is 264 g/mol. The average Bonchev–Trinajstić information content (AvgIpc) is 3.00. The van der Waals surface area contributed by atoms with Crippen LogP contribution in [0.2, 0.25) is 0 Å². The molecule has 1 fully saturated rings. The van der Waals surface area contributed by atoms with E-state index in [0.717, 1.165) is 19.6 Å². The lowest BCUT2D eigenvalue weighted by Gasteiger charge is -2.26. The lowest BCUT2D eigenvalue weighted by atomic mass is 10.3. The molecule has 1 aliphatic rings. The first-order chi connectivity index (χ1) is 8.42. The molecular formula is C13H16N2S2. The number of nitrogens with one attached hydrogen (secondary N) is 1. The lowest BCUT2D eigenvalue weighted by Crippen LogP contribution is -2.42. The van der Waals surface area contributed by atoms with Crippen molar-refractivity contribution in [2.45, 2.75) is 6.54 Å². The van der Waals surface area contributed by atoms with Gasteiger partial charge in [0.25, 0.3) is 0 Å². The molecule has 2 aromatic rings. The topological polar surface area (TPSA) is 15.3 Å². The van der Waals surface area contributed by atoms with Gasteiger partial charge in [-0.25, -0.2) is 0 Å². The maximum Gasteiger partial charge on any atom is 0.0445 e. The van der Waals surface area contributed by atoms with Gasteiger partial charge >= 0.3 is 0 Å². The molecule has 0 unspecified atom stereocenters. The summed E-state index contributed by atoms with van der Waals surface area (Å²) in [4.78, 5) is 6.81. The molecule has 0 amide bonds. The van der Waals surface area contributed by atoms with Gasteiger partial charge in [-0.2, -0.15) is 0 Å². The van der Waals surface area contributed by atoms with E-state index >= 15 is 0 Å². The first kappa shape index (κ1) is 11.4. The Morgan fingerprint density at radius 2 is 2.00 bits per heavy atom. The Hall–Kier alpha value is -0.680. The van der Waals surface area contributed by atoms with Crippen LogP contribution >= 0.6 is 22.7 Å².